The van der Waals surface area contributed by atoms with E-state index in [1.807, 2.05) is 24.3 Å². The molecule has 1 amide bonds. The van der Waals surface area contributed by atoms with Crippen LogP contribution in [0, 0.1) is 15.4 Å². The van der Waals surface area contributed by atoms with Crippen molar-refractivity contribution >= 4 is 40.1 Å². The number of carbonyl (C=O) groups excluding carboxylic acids is 3. The lowest BCUT2D eigenvalue weighted by atomic mass is 9.58. The third-order valence-electron chi connectivity index (χ3n) is 8.30. The van der Waals surface area contributed by atoms with Gasteiger partial charge < -0.3 is 26.2 Å². The summed E-state index contributed by atoms with van der Waals surface area (Å²) in [5.41, 5.74) is 4.48. The van der Waals surface area contributed by atoms with Crippen LogP contribution in [0.5, 0.6) is 5.75 Å². The number of aryl methyl sites for hydroxylation is 2. The van der Waals surface area contributed by atoms with Crippen LogP contribution in [0.2, 0.25) is 0 Å². The fourth-order valence-electron chi connectivity index (χ4n) is 6.48. The predicted molar refractivity (Wildman–Crippen MR) is 150 cm³/mol. The van der Waals surface area contributed by atoms with Crippen molar-refractivity contribution < 1.29 is 34.8 Å². The highest BCUT2D eigenvalue weighted by Gasteiger charge is 2.63. The van der Waals surface area contributed by atoms with E-state index in [0.29, 0.717) is 12.0 Å². The van der Waals surface area contributed by atoms with Gasteiger partial charge in [0.25, 0.3) is 5.91 Å². The molecule has 204 valence electrons. The van der Waals surface area contributed by atoms with E-state index in [1.54, 1.807) is 20.2 Å². The molecule has 3 aliphatic carbocycles. The first-order valence-corrected chi connectivity index (χ1v) is 13.7. The number of likely N-dealkylation sites (N-methyl/N-ethyl adjacent to an activating group) is 1. The molecule has 0 aliphatic heterocycles. The molecular formula is C29H29IN2O7. The van der Waals surface area contributed by atoms with Gasteiger partial charge in [0.15, 0.2) is 11.4 Å². The molecule has 0 radical (unpaired) electrons. The number of phenols is 1. The van der Waals surface area contributed by atoms with E-state index in [1.165, 1.54) is 11.0 Å². The van der Waals surface area contributed by atoms with Crippen molar-refractivity contribution in [3.05, 3.63) is 84.9 Å². The Hall–Kier alpha value is -3.22. The summed E-state index contributed by atoms with van der Waals surface area (Å²) in [6.07, 6.45) is 1.68. The molecule has 5 rings (SSSR count). The number of phenolic OH excluding ortho intramolecular Hbond substituents is 1. The number of rotatable bonds is 5. The fraction of sp³-hybridized carbons (Fsp3) is 0.345. The van der Waals surface area contributed by atoms with E-state index in [4.69, 9.17) is 5.73 Å². The SMILES string of the molecule is CN(C)[C@@H]1C(O)=C(C(N)=O)C(=O)[C@@]2(O)C(O)=C3C(=O)c4c(O)ccc(CCc5ccc(I)cc5)c4C[C@H]3C[C@@H]12. The minimum absolute atomic E-state index is 0.0379. The van der Waals surface area contributed by atoms with Crippen LogP contribution < -0.4 is 5.73 Å². The molecule has 9 nitrogen and oxygen atoms in total. The average molecular weight is 644 g/mol. The molecule has 6 N–H and O–H groups in total. The van der Waals surface area contributed by atoms with Crippen LogP contribution in [0.25, 0.3) is 0 Å². The van der Waals surface area contributed by atoms with Crippen molar-refractivity contribution in [1.29, 1.82) is 0 Å². The highest BCUT2D eigenvalue weighted by Crippen LogP contribution is 2.52. The van der Waals surface area contributed by atoms with E-state index in [-0.39, 0.29) is 29.7 Å². The molecule has 0 aromatic heterocycles. The number of carbonyl (C=O) groups is 3. The number of aliphatic hydroxyl groups is 3. The van der Waals surface area contributed by atoms with Gasteiger partial charge in [-0.25, -0.2) is 0 Å². The number of aromatic hydroxyl groups is 1. The minimum atomic E-state index is -2.64. The molecule has 0 saturated heterocycles. The molecule has 10 heteroatoms. The number of allylic oxidation sites excluding steroid dienone is 1. The van der Waals surface area contributed by atoms with E-state index in [0.717, 1.165) is 21.1 Å². The lowest BCUT2D eigenvalue weighted by Crippen LogP contribution is -2.63. The van der Waals surface area contributed by atoms with Crippen molar-refractivity contribution in [2.24, 2.45) is 17.6 Å². The summed E-state index contributed by atoms with van der Waals surface area (Å²) in [7, 11) is 3.21. The van der Waals surface area contributed by atoms with Crippen molar-refractivity contribution in [3.63, 3.8) is 0 Å². The molecule has 0 heterocycles. The van der Waals surface area contributed by atoms with Gasteiger partial charge in [-0.2, -0.15) is 0 Å². The number of amides is 1. The van der Waals surface area contributed by atoms with Crippen molar-refractivity contribution in [2.45, 2.75) is 37.3 Å². The smallest absolute Gasteiger partial charge is 0.255 e. The Morgan fingerprint density at radius 1 is 1.08 bits per heavy atom. The van der Waals surface area contributed by atoms with Gasteiger partial charge in [-0.3, -0.25) is 19.3 Å². The quantitative estimate of drug-likeness (QED) is 0.245. The Bertz CT molecular complexity index is 1480. The number of aliphatic hydroxyl groups excluding tert-OH is 2. The number of nitrogens with two attached hydrogens (primary N) is 1. The second kappa shape index (κ2) is 9.76. The Balaban J connectivity index is 1.60. The molecule has 0 fully saturated rings. The third kappa shape index (κ3) is 4.16. The highest BCUT2D eigenvalue weighted by molar-refractivity contribution is 14.1. The second-order valence-corrected chi connectivity index (χ2v) is 11.9. The zero-order chi connectivity index (χ0) is 28.4. The summed E-state index contributed by atoms with van der Waals surface area (Å²) in [5, 5.41) is 44.6. The molecule has 4 atom stereocenters. The van der Waals surface area contributed by atoms with Gasteiger partial charge in [0.2, 0.25) is 5.78 Å². The number of Topliss-reactive ketones (excluding diaryl/α,β-unsaturated/α-hetero) is 2. The second-order valence-electron chi connectivity index (χ2n) is 10.7. The molecule has 39 heavy (non-hydrogen) atoms. The van der Waals surface area contributed by atoms with E-state index >= 15 is 0 Å². The maximum Gasteiger partial charge on any atom is 0.255 e. The molecule has 3 aliphatic rings. The number of nitrogens with zero attached hydrogens (tertiary/aromatic N) is 1. The summed E-state index contributed by atoms with van der Waals surface area (Å²) in [6.45, 7) is 0. The first-order valence-electron chi connectivity index (χ1n) is 12.6. The van der Waals surface area contributed by atoms with Gasteiger partial charge in [0, 0.05) is 15.1 Å². The van der Waals surface area contributed by atoms with Crippen LogP contribution in [0.15, 0.2) is 59.1 Å². The first-order chi connectivity index (χ1) is 18.4. The van der Waals surface area contributed by atoms with Crippen LogP contribution in [-0.4, -0.2) is 68.5 Å². The van der Waals surface area contributed by atoms with Gasteiger partial charge in [-0.05, 0) is 103 Å². The van der Waals surface area contributed by atoms with Crippen molar-refractivity contribution in [2.75, 3.05) is 14.1 Å². The monoisotopic (exact) mass is 644 g/mol. The van der Waals surface area contributed by atoms with Crippen LogP contribution >= 0.6 is 22.6 Å². The molecule has 0 spiro atoms. The van der Waals surface area contributed by atoms with Crippen LogP contribution in [0.3, 0.4) is 0 Å². The molecule has 0 unspecified atom stereocenters. The van der Waals surface area contributed by atoms with Crippen LogP contribution in [0.4, 0.5) is 0 Å². The lowest BCUT2D eigenvalue weighted by molar-refractivity contribution is -0.148. The normalized spacial score (nSPS) is 26.4. The zero-order valence-electron chi connectivity index (χ0n) is 21.4. The number of fused-ring (bicyclic) bond motifs is 3. The Labute approximate surface area is 238 Å². The summed E-state index contributed by atoms with van der Waals surface area (Å²) < 4.78 is 1.13. The maximum absolute atomic E-state index is 13.8. The van der Waals surface area contributed by atoms with E-state index in [9.17, 15) is 34.8 Å². The summed E-state index contributed by atoms with van der Waals surface area (Å²) in [5.74, 6) is -6.48. The third-order valence-corrected chi connectivity index (χ3v) is 9.02. The topological polar surface area (TPSA) is 161 Å². The summed E-state index contributed by atoms with van der Waals surface area (Å²) in [4.78, 5) is 40.8. The van der Waals surface area contributed by atoms with Gasteiger partial charge in [0.1, 0.15) is 22.8 Å². The minimum Gasteiger partial charge on any atom is -0.510 e. The molecular weight excluding hydrogens is 615 g/mol. The lowest BCUT2D eigenvalue weighted by Gasteiger charge is -2.50. The number of benzene rings is 2. The largest absolute Gasteiger partial charge is 0.510 e. The highest BCUT2D eigenvalue weighted by atomic mass is 127. The standard InChI is InChI=1S/C29H29IN2O7/c1-32(2)23-18-12-15-11-17-14(6-3-13-4-8-16(30)9-5-13)7-10-19(33)21(17)24(34)20(15)26(36)29(18,39)27(37)22(25(23)35)28(31)38/h4-5,7-10,15,18,23,33,35-36,39H,3,6,11-12H2,1-2H3,(H2,31,38)/t15-,18-,23-,29-/m0/s1. The Kier molecular flexibility index (Phi) is 6.84. The van der Waals surface area contributed by atoms with Crippen molar-refractivity contribution in [1.82, 2.24) is 4.90 Å². The summed E-state index contributed by atoms with van der Waals surface area (Å²) >= 11 is 2.24. The van der Waals surface area contributed by atoms with E-state index < -0.39 is 58.0 Å². The maximum atomic E-state index is 13.8. The Morgan fingerprint density at radius 3 is 2.36 bits per heavy atom. The number of hydrogen-bond donors (Lipinski definition) is 5. The zero-order valence-corrected chi connectivity index (χ0v) is 23.6. The molecule has 0 bridgehead atoms. The average Bonchev–Trinajstić information content (AvgIpc) is 2.86. The first kappa shape index (κ1) is 27.4. The van der Waals surface area contributed by atoms with Gasteiger partial charge in [-0.1, -0.05) is 18.2 Å². The van der Waals surface area contributed by atoms with Crippen LogP contribution in [0.1, 0.15) is 33.5 Å². The number of hydrogen-bond acceptors (Lipinski definition) is 8. The number of ketones is 2. The number of primary amides is 1. The summed E-state index contributed by atoms with van der Waals surface area (Å²) in [6, 6.07) is 10.4. The fourth-order valence-corrected chi connectivity index (χ4v) is 6.84. The molecule has 2 aromatic carbocycles. The van der Waals surface area contributed by atoms with Gasteiger partial charge in [0.05, 0.1) is 11.6 Å². The number of halogens is 1. The van der Waals surface area contributed by atoms with E-state index in [2.05, 4.69) is 22.6 Å². The van der Waals surface area contributed by atoms with Gasteiger partial charge in [-0.15, -0.1) is 0 Å². The van der Waals surface area contributed by atoms with Gasteiger partial charge >= 0.3 is 0 Å². The van der Waals surface area contributed by atoms with Crippen LogP contribution in [-0.2, 0) is 28.9 Å². The van der Waals surface area contributed by atoms with Crippen molar-refractivity contribution in [3.8, 4) is 5.75 Å². The molecule has 0 saturated carbocycles. The predicted octanol–water partition coefficient (Wildman–Crippen LogP) is 2.51. The Morgan fingerprint density at radius 2 is 1.74 bits per heavy atom. The molecule has 2 aromatic rings.